The van der Waals surface area contributed by atoms with E-state index in [1.807, 2.05) is 14.1 Å². The molecule has 2 N–H and O–H groups in total. The van der Waals surface area contributed by atoms with E-state index < -0.39 is 0 Å². The average molecular weight is 250 g/mol. The molecule has 0 heterocycles. The van der Waals surface area contributed by atoms with Crippen LogP contribution in [0.1, 0.15) is 26.7 Å². The topological polar surface area (TPSA) is 24.1 Å². The van der Waals surface area contributed by atoms with Crippen molar-refractivity contribution < 1.29 is 0 Å². The smallest absolute Gasteiger partial charge is 0.0238 e. The Hall–Kier alpha value is 0.620. The van der Waals surface area contributed by atoms with Gasteiger partial charge >= 0.3 is 0 Å². The second-order valence-corrected chi connectivity index (χ2v) is 5.60. The third-order valence-corrected chi connectivity index (χ3v) is 4.68. The van der Waals surface area contributed by atoms with E-state index in [1.54, 1.807) is 0 Å². The molecule has 2 atom stereocenters. The molecule has 0 unspecified atom stereocenters. The van der Waals surface area contributed by atoms with Crippen molar-refractivity contribution in [2.45, 2.75) is 32.2 Å². The van der Waals surface area contributed by atoms with E-state index in [0.29, 0.717) is 0 Å². The standard InChI is InChI=1S/C11H26N2S2/c1-10(8-14,7-12-3)5-6-11(2,9-15)13-4/h12-15H,5-9H2,1-4H3/t10-,11+/m0/s1. The molecule has 0 aliphatic rings. The first-order valence-electron chi connectivity index (χ1n) is 5.50. The molecule has 0 saturated heterocycles. The Morgan fingerprint density at radius 2 is 1.60 bits per heavy atom. The summed E-state index contributed by atoms with van der Waals surface area (Å²) in [5, 5.41) is 6.59. The van der Waals surface area contributed by atoms with Crippen LogP contribution < -0.4 is 10.6 Å². The third-order valence-electron chi connectivity index (χ3n) is 3.22. The van der Waals surface area contributed by atoms with Crippen LogP contribution >= 0.6 is 25.3 Å². The Morgan fingerprint density at radius 3 is 1.93 bits per heavy atom. The Bertz CT molecular complexity index is 172. The molecule has 0 amide bonds. The first-order valence-corrected chi connectivity index (χ1v) is 6.77. The molecule has 0 fully saturated rings. The normalized spacial score (nSPS) is 19.6. The van der Waals surface area contributed by atoms with E-state index in [2.05, 4.69) is 49.7 Å². The number of hydrogen-bond acceptors (Lipinski definition) is 4. The molecule has 15 heavy (non-hydrogen) atoms. The van der Waals surface area contributed by atoms with Crippen molar-refractivity contribution in [3.8, 4) is 0 Å². The van der Waals surface area contributed by atoms with Crippen LogP contribution in [0.4, 0.5) is 0 Å². The highest BCUT2D eigenvalue weighted by Gasteiger charge is 2.27. The van der Waals surface area contributed by atoms with Crippen molar-refractivity contribution in [1.82, 2.24) is 10.6 Å². The van der Waals surface area contributed by atoms with Gasteiger partial charge in [0, 0.05) is 17.8 Å². The molecule has 0 aliphatic heterocycles. The molecular formula is C11H26N2S2. The average Bonchev–Trinajstić information content (AvgIpc) is 2.26. The molecule has 2 nitrogen and oxygen atoms in total. The molecule has 0 spiro atoms. The largest absolute Gasteiger partial charge is 0.319 e. The molecule has 92 valence electrons. The van der Waals surface area contributed by atoms with E-state index in [1.165, 1.54) is 0 Å². The van der Waals surface area contributed by atoms with Crippen LogP contribution in [0.15, 0.2) is 0 Å². The van der Waals surface area contributed by atoms with Gasteiger partial charge in [0.25, 0.3) is 0 Å². The summed E-state index contributed by atoms with van der Waals surface area (Å²) in [7, 11) is 4.00. The fraction of sp³-hybridized carbons (Fsp3) is 1.00. The monoisotopic (exact) mass is 250 g/mol. The van der Waals surface area contributed by atoms with Crippen LogP contribution in [0.25, 0.3) is 0 Å². The molecule has 0 aliphatic carbocycles. The first-order chi connectivity index (χ1) is 6.95. The minimum Gasteiger partial charge on any atom is -0.319 e. The summed E-state index contributed by atoms with van der Waals surface area (Å²) in [6, 6.07) is 0. The predicted octanol–water partition coefficient (Wildman–Crippen LogP) is 1.83. The summed E-state index contributed by atoms with van der Waals surface area (Å²) < 4.78 is 0. The number of thiol groups is 2. The minimum atomic E-state index is 0.140. The van der Waals surface area contributed by atoms with E-state index in [4.69, 9.17) is 0 Å². The Morgan fingerprint density at radius 1 is 1.00 bits per heavy atom. The fourth-order valence-corrected chi connectivity index (χ4v) is 2.10. The van der Waals surface area contributed by atoms with Gasteiger partial charge in [-0.1, -0.05) is 6.92 Å². The highest BCUT2D eigenvalue weighted by atomic mass is 32.1. The SMILES string of the molecule is CNC[C@@](C)(CS)CC[C@](C)(CS)NC. The lowest BCUT2D eigenvalue weighted by Gasteiger charge is -2.34. The van der Waals surface area contributed by atoms with Crippen LogP contribution in [0.5, 0.6) is 0 Å². The van der Waals surface area contributed by atoms with Crippen LogP contribution in [0.3, 0.4) is 0 Å². The molecule has 0 rings (SSSR count). The number of nitrogens with one attached hydrogen (secondary N) is 2. The fourth-order valence-electron chi connectivity index (χ4n) is 1.51. The van der Waals surface area contributed by atoms with Gasteiger partial charge in [-0.25, -0.2) is 0 Å². The van der Waals surface area contributed by atoms with Crippen LogP contribution in [0.2, 0.25) is 0 Å². The van der Waals surface area contributed by atoms with Gasteiger partial charge in [-0.3, -0.25) is 0 Å². The Kier molecular flexibility index (Phi) is 7.34. The van der Waals surface area contributed by atoms with Crippen molar-refractivity contribution in [1.29, 1.82) is 0 Å². The first kappa shape index (κ1) is 15.6. The van der Waals surface area contributed by atoms with Crippen molar-refractivity contribution in [2.24, 2.45) is 5.41 Å². The van der Waals surface area contributed by atoms with Crippen molar-refractivity contribution in [3.63, 3.8) is 0 Å². The second kappa shape index (κ2) is 7.05. The second-order valence-electron chi connectivity index (χ2n) is 4.97. The molecule has 4 heteroatoms. The molecule has 0 aromatic heterocycles. The molecule has 0 aromatic rings. The van der Waals surface area contributed by atoms with Crippen LogP contribution in [0, 0.1) is 5.41 Å². The van der Waals surface area contributed by atoms with Gasteiger partial charge in [-0.15, -0.1) is 0 Å². The van der Waals surface area contributed by atoms with Crippen LogP contribution in [-0.2, 0) is 0 Å². The third kappa shape index (κ3) is 5.48. The summed E-state index contributed by atoms with van der Waals surface area (Å²) in [5.41, 5.74) is 0.417. The van der Waals surface area contributed by atoms with E-state index in [0.717, 1.165) is 30.9 Å². The lowest BCUT2D eigenvalue weighted by atomic mass is 9.82. The maximum atomic E-state index is 4.44. The van der Waals surface area contributed by atoms with Crippen molar-refractivity contribution in [2.75, 3.05) is 32.1 Å². The van der Waals surface area contributed by atoms with Gasteiger partial charge in [0.2, 0.25) is 0 Å². The van der Waals surface area contributed by atoms with Crippen molar-refractivity contribution >= 4 is 25.3 Å². The molecule has 0 radical (unpaired) electrons. The van der Waals surface area contributed by atoms with Gasteiger partial charge in [-0.2, -0.15) is 25.3 Å². The molecule has 0 saturated carbocycles. The minimum absolute atomic E-state index is 0.140. The van der Waals surface area contributed by atoms with Gasteiger partial charge in [-0.05, 0) is 45.0 Å². The lowest BCUT2D eigenvalue weighted by molar-refractivity contribution is 0.272. The zero-order valence-electron chi connectivity index (χ0n) is 10.4. The summed E-state index contributed by atoms with van der Waals surface area (Å²) in [6.45, 7) is 5.52. The Labute approximate surface area is 106 Å². The quantitative estimate of drug-likeness (QED) is 0.494. The van der Waals surface area contributed by atoms with Gasteiger partial charge in [0.15, 0.2) is 0 Å². The number of rotatable bonds is 8. The lowest BCUT2D eigenvalue weighted by Crippen LogP contribution is -2.44. The van der Waals surface area contributed by atoms with E-state index in [9.17, 15) is 0 Å². The molecule has 0 bridgehead atoms. The summed E-state index contributed by atoms with van der Waals surface area (Å²) in [4.78, 5) is 0. The van der Waals surface area contributed by atoms with Gasteiger partial charge < -0.3 is 10.6 Å². The molecule has 0 aromatic carbocycles. The highest BCUT2D eigenvalue weighted by Crippen LogP contribution is 2.28. The summed E-state index contributed by atoms with van der Waals surface area (Å²) in [6.07, 6.45) is 2.29. The van der Waals surface area contributed by atoms with Crippen molar-refractivity contribution in [3.05, 3.63) is 0 Å². The zero-order valence-corrected chi connectivity index (χ0v) is 12.2. The highest BCUT2D eigenvalue weighted by molar-refractivity contribution is 7.80. The Balaban J connectivity index is 4.20. The van der Waals surface area contributed by atoms with Crippen LogP contribution in [-0.4, -0.2) is 37.7 Å². The van der Waals surface area contributed by atoms with E-state index >= 15 is 0 Å². The predicted molar refractivity (Wildman–Crippen MR) is 76.4 cm³/mol. The summed E-state index contributed by atoms with van der Waals surface area (Å²) >= 11 is 8.84. The van der Waals surface area contributed by atoms with E-state index in [-0.39, 0.29) is 11.0 Å². The van der Waals surface area contributed by atoms with Gasteiger partial charge in [0.05, 0.1) is 0 Å². The maximum Gasteiger partial charge on any atom is 0.0238 e. The molecular weight excluding hydrogens is 224 g/mol. The number of hydrogen-bond donors (Lipinski definition) is 4. The maximum absolute atomic E-state index is 4.44. The zero-order chi connectivity index (χ0) is 11.9. The summed E-state index contributed by atoms with van der Waals surface area (Å²) in [5.74, 6) is 1.78. The van der Waals surface area contributed by atoms with Gasteiger partial charge in [0.1, 0.15) is 0 Å².